The highest BCUT2D eigenvalue weighted by Gasteiger charge is 2.26. The van der Waals surface area contributed by atoms with Gasteiger partial charge < -0.3 is 11.1 Å². The van der Waals surface area contributed by atoms with Crippen LogP contribution in [-0.4, -0.2) is 34.9 Å². The molecule has 1 fully saturated rings. The predicted molar refractivity (Wildman–Crippen MR) is 85.8 cm³/mol. The first-order valence-electron chi connectivity index (χ1n) is 6.96. The number of hydrogen-bond acceptors (Lipinski definition) is 3. The maximum atomic E-state index is 12.1. The van der Waals surface area contributed by atoms with Crippen molar-refractivity contribution in [3.8, 4) is 0 Å². The molecule has 1 amide bonds. The second kappa shape index (κ2) is 6.81. The van der Waals surface area contributed by atoms with Crippen molar-refractivity contribution < 1.29 is 4.79 Å². The zero-order chi connectivity index (χ0) is 14.5. The van der Waals surface area contributed by atoms with Gasteiger partial charge in [0.15, 0.2) is 0 Å². The van der Waals surface area contributed by atoms with Crippen molar-refractivity contribution in [2.24, 2.45) is 5.73 Å². The van der Waals surface area contributed by atoms with Crippen LogP contribution in [0.1, 0.15) is 24.8 Å². The number of anilines is 1. The number of piperidine rings is 1. The van der Waals surface area contributed by atoms with Crippen LogP contribution in [0, 0.1) is 6.92 Å². The topological polar surface area (TPSA) is 58.4 Å². The summed E-state index contributed by atoms with van der Waals surface area (Å²) in [5.74, 6) is -0.0167. The van der Waals surface area contributed by atoms with Crippen molar-refractivity contribution in [3.63, 3.8) is 0 Å². The Morgan fingerprint density at radius 3 is 2.75 bits per heavy atom. The first kappa shape index (κ1) is 14.9. The van der Waals surface area contributed by atoms with E-state index in [2.05, 4.69) is 10.2 Å². The third-order valence-electron chi connectivity index (χ3n) is 3.62. The molecule has 1 aromatic rings. The normalized spacial score (nSPS) is 19.6. The summed E-state index contributed by atoms with van der Waals surface area (Å²) < 4.78 is 0. The van der Waals surface area contributed by atoms with Gasteiger partial charge in [0.05, 0.1) is 17.6 Å². The number of aryl methyl sites for hydroxylation is 1. The van der Waals surface area contributed by atoms with Crippen LogP contribution in [0.15, 0.2) is 24.3 Å². The lowest BCUT2D eigenvalue weighted by atomic mass is 10.0. The van der Waals surface area contributed by atoms with Crippen molar-refractivity contribution in [2.75, 3.05) is 18.4 Å². The second-order valence-electron chi connectivity index (χ2n) is 5.30. The maximum Gasteiger partial charge on any atom is 0.238 e. The molecule has 5 heteroatoms. The summed E-state index contributed by atoms with van der Waals surface area (Å²) in [4.78, 5) is 14.7. The summed E-state index contributed by atoms with van der Waals surface area (Å²) in [6.07, 6.45) is 3.17. The quantitative estimate of drug-likeness (QED) is 0.834. The van der Waals surface area contributed by atoms with Crippen molar-refractivity contribution in [2.45, 2.75) is 32.2 Å². The van der Waals surface area contributed by atoms with Gasteiger partial charge in [0, 0.05) is 5.69 Å². The van der Waals surface area contributed by atoms with Crippen LogP contribution < -0.4 is 11.1 Å². The fourth-order valence-corrected chi connectivity index (χ4v) is 2.79. The van der Waals surface area contributed by atoms with Crippen LogP contribution >= 0.6 is 12.2 Å². The van der Waals surface area contributed by atoms with Gasteiger partial charge in [-0.1, -0.05) is 36.3 Å². The predicted octanol–water partition coefficient (Wildman–Crippen LogP) is 2.07. The molecule has 1 aliphatic heterocycles. The number of hydrogen-bond donors (Lipinski definition) is 2. The molecule has 0 bridgehead atoms. The van der Waals surface area contributed by atoms with Gasteiger partial charge in [-0.25, -0.2) is 0 Å². The average Bonchev–Trinajstić information content (AvgIpc) is 2.41. The molecule has 1 atom stereocenters. The summed E-state index contributed by atoms with van der Waals surface area (Å²) in [6, 6.07) is 7.84. The molecule has 3 N–H and O–H groups in total. The number of nitrogens with one attached hydrogen (secondary N) is 1. The van der Waals surface area contributed by atoms with E-state index in [0.29, 0.717) is 11.5 Å². The Labute approximate surface area is 125 Å². The molecule has 1 unspecified atom stereocenters. The Hall–Kier alpha value is -1.46. The highest BCUT2D eigenvalue weighted by molar-refractivity contribution is 7.80. The first-order chi connectivity index (χ1) is 9.56. The second-order valence-corrected chi connectivity index (χ2v) is 5.77. The van der Waals surface area contributed by atoms with Gasteiger partial charge in [0.25, 0.3) is 0 Å². The lowest BCUT2D eigenvalue weighted by molar-refractivity contribution is -0.117. The fourth-order valence-electron chi connectivity index (χ4n) is 2.52. The number of rotatable bonds is 4. The lowest BCUT2D eigenvalue weighted by Crippen LogP contribution is -2.49. The Bertz CT molecular complexity index is 486. The molecule has 0 radical (unpaired) electrons. The van der Waals surface area contributed by atoms with E-state index in [9.17, 15) is 4.79 Å². The fraction of sp³-hybridized carbons (Fsp3) is 0.467. The van der Waals surface area contributed by atoms with E-state index in [1.807, 2.05) is 31.2 Å². The molecular weight excluding hydrogens is 270 g/mol. The molecule has 0 aromatic heterocycles. The van der Waals surface area contributed by atoms with E-state index < -0.39 is 0 Å². The van der Waals surface area contributed by atoms with Crippen LogP contribution in [-0.2, 0) is 4.79 Å². The zero-order valence-corrected chi connectivity index (χ0v) is 12.6. The minimum atomic E-state index is -0.0167. The Balaban J connectivity index is 1.92. The van der Waals surface area contributed by atoms with Crippen LogP contribution in [0.25, 0.3) is 0 Å². The molecule has 2 rings (SSSR count). The van der Waals surface area contributed by atoms with Gasteiger partial charge in [-0.3, -0.25) is 9.69 Å². The number of benzene rings is 1. The molecule has 0 saturated carbocycles. The Morgan fingerprint density at radius 2 is 2.10 bits per heavy atom. The van der Waals surface area contributed by atoms with Gasteiger partial charge in [0.1, 0.15) is 0 Å². The van der Waals surface area contributed by atoms with E-state index >= 15 is 0 Å². The third kappa shape index (κ3) is 4.02. The van der Waals surface area contributed by atoms with Gasteiger partial charge in [-0.05, 0) is 38.4 Å². The van der Waals surface area contributed by atoms with E-state index in [4.69, 9.17) is 18.0 Å². The number of thiocarbonyl (C=S) groups is 1. The van der Waals surface area contributed by atoms with E-state index in [0.717, 1.165) is 31.5 Å². The van der Waals surface area contributed by atoms with Crippen LogP contribution in [0.3, 0.4) is 0 Å². The minimum Gasteiger partial charge on any atom is -0.392 e. The van der Waals surface area contributed by atoms with E-state index in [-0.39, 0.29) is 11.9 Å². The Morgan fingerprint density at radius 1 is 1.40 bits per heavy atom. The Kier molecular flexibility index (Phi) is 5.09. The molecular formula is C15H21N3OS. The summed E-state index contributed by atoms with van der Waals surface area (Å²) >= 11 is 5.09. The van der Waals surface area contributed by atoms with Gasteiger partial charge in [0.2, 0.25) is 5.91 Å². The SMILES string of the molecule is Cc1ccc(NC(=O)CN2CCCCC2C(N)=S)cc1. The number of carbonyl (C=O) groups excluding carboxylic acids is 1. The van der Waals surface area contributed by atoms with Crippen molar-refractivity contribution in [1.82, 2.24) is 4.90 Å². The summed E-state index contributed by atoms with van der Waals surface area (Å²) in [5.41, 5.74) is 7.76. The number of nitrogens with two attached hydrogens (primary N) is 1. The lowest BCUT2D eigenvalue weighted by Gasteiger charge is -2.34. The standard InChI is InChI=1S/C15H21N3OS/c1-11-5-7-12(8-6-11)17-14(19)10-18-9-3-2-4-13(18)15(16)20/h5-8,13H,2-4,9-10H2,1H3,(H2,16,20)(H,17,19). The molecule has 1 saturated heterocycles. The number of likely N-dealkylation sites (tertiary alicyclic amines) is 1. The number of nitrogens with zero attached hydrogens (tertiary/aromatic N) is 1. The molecule has 1 heterocycles. The highest BCUT2D eigenvalue weighted by atomic mass is 32.1. The summed E-state index contributed by atoms with van der Waals surface area (Å²) in [5, 5.41) is 2.91. The smallest absolute Gasteiger partial charge is 0.238 e. The summed E-state index contributed by atoms with van der Waals surface area (Å²) in [6.45, 7) is 3.24. The molecule has 0 aliphatic carbocycles. The van der Waals surface area contributed by atoms with Gasteiger partial charge in [-0.2, -0.15) is 0 Å². The van der Waals surface area contributed by atoms with Crippen molar-refractivity contribution >= 4 is 28.8 Å². The van der Waals surface area contributed by atoms with Crippen molar-refractivity contribution in [1.29, 1.82) is 0 Å². The average molecular weight is 291 g/mol. The van der Waals surface area contributed by atoms with Crippen LogP contribution in [0.5, 0.6) is 0 Å². The molecule has 108 valence electrons. The molecule has 1 aromatic carbocycles. The molecule has 0 spiro atoms. The third-order valence-corrected chi connectivity index (χ3v) is 3.90. The highest BCUT2D eigenvalue weighted by Crippen LogP contribution is 2.17. The molecule has 1 aliphatic rings. The van der Waals surface area contributed by atoms with Crippen LogP contribution in [0.4, 0.5) is 5.69 Å². The van der Waals surface area contributed by atoms with Gasteiger partial charge >= 0.3 is 0 Å². The van der Waals surface area contributed by atoms with Crippen LogP contribution in [0.2, 0.25) is 0 Å². The number of carbonyl (C=O) groups is 1. The first-order valence-corrected chi connectivity index (χ1v) is 7.37. The number of amides is 1. The van der Waals surface area contributed by atoms with Gasteiger partial charge in [-0.15, -0.1) is 0 Å². The molecule has 4 nitrogen and oxygen atoms in total. The minimum absolute atomic E-state index is 0.0167. The van der Waals surface area contributed by atoms with Crippen molar-refractivity contribution in [3.05, 3.63) is 29.8 Å². The molecule has 20 heavy (non-hydrogen) atoms. The maximum absolute atomic E-state index is 12.1. The monoisotopic (exact) mass is 291 g/mol. The summed E-state index contributed by atoms with van der Waals surface area (Å²) in [7, 11) is 0. The van der Waals surface area contributed by atoms with E-state index in [1.165, 1.54) is 5.56 Å². The largest absolute Gasteiger partial charge is 0.392 e. The van der Waals surface area contributed by atoms with E-state index in [1.54, 1.807) is 0 Å². The zero-order valence-electron chi connectivity index (χ0n) is 11.8.